The number of hydrogen-bond acceptors (Lipinski definition) is 1. The summed E-state index contributed by atoms with van der Waals surface area (Å²) in [4.78, 5) is 12.0. The first-order chi connectivity index (χ1) is 8.09. The van der Waals surface area contributed by atoms with Gasteiger partial charge in [0.05, 0.1) is 5.56 Å². The van der Waals surface area contributed by atoms with Gasteiger partial charge in [0.1, 0.15) is 11.6 Å². The smallest absolute Gasteiger partial charge is 0.198 e. The molecule has 0 N–H and O–H groups in total. The lowest BCUT2D eigenvalue weighted by Gasteiger charge is -2.04. The van der Waals surface area contributed by atoms with Crippen LogP contribution in [0.1, 0.15) is 15.9 Å². The predicted octanol–water partition coefficient (Wildman–Crippen LogP) is 3.80. The summed E-state index contributed by atoms with van der Waals surface area (Å²) in [6.07, 6.45) is 0. The Balaban J connectivity index is 2.51. The lowest BCUT2D eigenvalue weighted by atomic mass is 10.0. The first-order valence-corrected chi connectivity index (χ1v) is 5.92. The maximum atomic E-state index is 13.4. The molecule has 2 rings (SSSR count). The molecule has 0 amide bonds. The molecule has 2 aromatic rings. The number of ketones is 1. The number of rotatable bonds is 2. The van der Waals surface area contributed by atoms with Crippen LogP contribution in [0.15, 0.2) is 42.5 Å². The van der Waals surface area contributed by atoms with Gasteiger partial charge in [0.15, 0.2) is 5.78 Å². The molecular weight excluding hydrogens is 337 g/mol. The fourth-order valence-corrected chi connectivity index (χ4v) is 2.03. The maximum Gasteiger partial charge on any atom is 0.198 e. The van der Waals surface area contributed by atoms with Crippen LogP contribution in [0, 0.1) is 15.2 Å². The van der Waals surface area contributed by atoms with Gasteiger partial charge < -0.3 is 0 Å². The molecule has 86 valence electrons. The second-order valence-electron chi connectivity index (χ2n) is 3.44. The average Bonchev–Trinajstić information content (AvgIpc) is 2.28. The van der Waals surface area contributed by atoms with Crippen molar-refractivity contribution in [2.45, 2.75) is 0 Å². The summed E-state index contributed by atoms with van der Waals surface area (Å²) in [6, 6.07) is 9.98. The zero-order valence-electron chi connectivity index (χ0n) is 8.58. The molecule has 0 heterocycles. The van der Waals surface area contributed by atoms with Crippen LogP contribution in [0.5, 0.6) is 0 Å². The minimum Gasteiger partial charge on any atom is -0.288 e. The summed E-state index contributed by atoms with van der Waals surface area (Å²) < 4.78 is 27.7. The number of benzene rings is 2. The number of carbonyl (C=O) groups excluding carboxylic acids is 1. The van der Waals surface area contributed by atoms with E-state index in [4.69, 9.17) is 0 Å². The van der Waals surface area contributed by atoms with Crippen LogP contribution in [0.25, 0.3) is 0 Å². The molecule has 0 spiro atoms. The zero-order chi connectivity index (χ0) is 12.4. The normalized spacial score (nSPS) is 10.3. The monoisotopic (exact) mass is 344 g/mol. The van der Waals surface area contributed by atoms with E-state index in [0.717, 1.165) is 15.7 Å². The van der Waals surface area contributed by atoms with Crippen LogP contribution in [0.3, 0.4) is 0 Å². The average molecular weight is 344 g/mol. The lowest BCUT2D eigenvalue weighted by Crippen LogP contribution is -2.07. The molecule has 0 unspecified atom stereocenters. The fraction of sp³-hybridized carbons (Fsp3) is 0. The highest BCUT2D eigenvalue weighted by Gasteiger charge is 2.18. The molecule has 0 saturated heterocycles. The second-order valence-corrected chi connectivity index (χ2v) is 4.68. The Hall–Kier alpha value is -1.30. The Morgan fingerprint density at radius 3 is 2.18 bits per heavy atom. The van der Waals surface area contributed by atoms with Crippen molar-refractivity contribution < 1.29 is 13.6 Å². The number of halogens is 3. The third-order valence-corrected chi connectivity index (χ3v) is 2.95. The first kappa shape index (κ1) is 12.2. The molecule has 0 aliphatic heterocycles. The Labute approximate surface area is 111 Å². The Morgan fingerprint density at radius 2 is 1.59 bits per heavy atom. The van der Waals surface area contributed by atoms with E-state index < -0.39 is 23.0 Å². The van der Waals surface area contributed by atoms with E-state index in [0.29, 0.717) is 0 Å². The van der Waals surface area contributed by atoms with Crippen molar-refractivity contribution in [2.24, 2.45) is 0 Å². The molecule has 2 aromatic carbocycles. The highest BCUT2D eigenvalue weighted by atomic mass is 127. The van der Waals surface area contributed by atoms with Gasteiger partial charge in [0.2, 0.25) is 0 Å². The van der Waals surface area contributed by atoms with Crippen LogP contribution < -0.4 is 0 Å². The van der Waals surface area contributed by atoms with Gasteiger partial charge in [-0.2, -0.15) is 0 Å². The van der Waals surface area contributed by atoms with Crippen LogP contribution in [-0.2, 0) is 0 Å². The zero-order valence-corrected chi connectivity index (χ0v) is 10.7. The van der Waals surface area contributed by atoms with Crippen molar-refractivity contribution in [3.63, 3.8) is 0 Å². The molecule has 0 radical (unpaired) electrons. The molecule has 0 aliphatic rings. The molecule has 0 aliphatic carbocycles. The van der Waals surface area contributed by atoms with Gasteiger partial charge in [-0.1, -0.05) is 18.2 Å². The van der Waals surface area contributed by atoms with Gasteiger partial charge >= 0.3 is 0 Å². The highest BCUT2D eigenvalue weighted by molar-refractivity contribution is 14.1. The Morgan fingerprint density at radius 1 is 1.00 bits per heavy atom. The molecule has 0 aromatic heterocycles. The van der Waals surface area contributed by atoms with E-state index in [1.54, 1.807) is 18.2 Å². The van der Waals surface area contributed by atoms with Crippen molar-refractivity contribution >= 4 is 28.4 Å². The van der Waals surface area contributed by atoms with Gasteiger partial charge in [-0.15, -0.1) is 0 Å². The second kappa shape index (κ2) is 4.91. The maximum absolute atomic E-state index is 13.4. The summed E-state index contributed by atoms with van der Waals surface area (Å²) >= 11 is 2.04. The van der Waals surface area contributed by atoms with E-state index in [1.165, 1.54) is 12.1 Å². The number of carbonyl (C=O) groups is 1. The summed E-state index contributed by atoms with van der Waals surface area (Å²) in [6.45, 7) is 0. The molecule has 0 atom stereocenters. The van der Waals surface area contributed by atoms with E-state index >= 15 is 0 Å². The highest BCUT2D eigenvalue weighted by Crippen LogP contribution is 2.18. The Bertz CT molecular complexity index is 561. The minimum absolute atomic E-state index is 0.279. The van der Waals surface area contributed by atoms with Crippen molar-refractivity contribution in [1.29, 1.82) is 0 Å². The third kappa shape index (κ3) is 2.52. The van der Waals surface area contributed by atoms with Crippen LogP contribution >= 0.6 is 22.6 Å². The molecule has 0 fully saturated rings. The third-order valence-electron chi connectivity index (χ3n) is 2.28. The van der Waals surface area contributed by atoms with Crippen LogP contribution in [0.2, 0.25) is 0 Å². The summed E-state index contributed by atoms with van der Waals surface area (Å²) in [5.41, 5.74) is -0.226. The standard InChI is InChI=1S/C13H7F2IO/c14-10-5-2-6-11(15)12(10)13(17)8-3-1-4-9(16)7-8/h1-7H. The van der Waals surface area contributed by atoms with E-state index in [9.17, 15) is 13.6 Å². The van der Waals surface area contributed by atoms with Gasteiger partial charge in [-0.3, -0.25) is 4.79 Å². The lowest BCUT2D eigenvalue weighted by molar-refractivity contribution is 0.103. The van der Waals surface area contributed by atoms with Gasteiger partial charge in [-0.25, -0.2) is 8.78 Å². The molecule has 17 heavy (non-hydrogen) atoms. The Kier molecular flexibility index (Phi) is 3.51. The summed E-state index contributed by atoms with van der Waals surface area (Å²) in [7, 11) is 0. The molecule has 4 heteroatoms. The van der Waals surface area contributed by atoms with E-state index in [2.05, 4.69) is 0 Å². The van der Waals surface area contributed by atoms with Crippen molar-refractivity contribution in [1.82, 2.24) is 0 Å². The molecule has 1 nitrogen and oxygen atoms in total. The van der Waals surface area contributed by atoms with Crippen LogP contribution in [0.4, 0.5) is 8.78 Å². The van der Waals surface area contributed by atoms with Crippen molar-refractivity contribution in [2.75, 3.05) is 0 Å². The minimum atomic E-state index is -0.839. The van der Waals surface area contributed by atoms with E-state index in [1.807, 2.05) is 22.6 Å². The summed E-state index contributed by atoms with van der Waals surface area (Å²) in [5, 5.41) is 0. The van der Waals surface area contributed by atoms with Gasteiger partial charge in [0, 0.05) is 9.13 Å². The molecular formula is C13H7F2IO. The van der Waals surface area contributed by atoms with Gasteiger partial charge in [0.25, 0.3) is 0 Å². The molecule has 0 saturated carbocycles. The largest absolute Gasteiger partial charge is 0.288 e. The predicted molar refractivity (Wildman–Crippen MR) is 68.9 cm³/mol. The topological polar surface area (TPSA) is 17.1 Å². The summed E-state index contributed by atoms with van der Waals surface area (Å²) in [5.74, 6) is -2.32. The SMILES string of the molecule is O=C(c1cccc(I)c1)c1c(F)cccc1F. The molecule has 0 bridgehead atoms. The first-order valence-electron chi connectivity index (χ1n) is 4.84. The van der Waals surface area contributed by atoms with Crippen molar-refractivity contribution in [3.05, 3.63) is 68.8 Å². The number of hydrogen-bond donors (Lipinski definition) is 0. The van der Waals surface area contributed by atoms with Gasteiger partial charge in [-0.05, 0) is 46.9 Å². The van der Waals surface area contributed by atoms with Crippen molar-refractivity contribution in [3.8, 4) is 0 Å². The van der Waals surface area contributed by atoms with Crippen LogP contribution in [-0.4, -0.2) is 5.78 Å². The quantitative estimate of drug-likeness (QED) is 0.598. The fourth-order valence-electron chi connectivity index (χ4n) is 1.49. The van der Waals surface area contributed by atoms with E-state index in [-0.39, 0.29) is 5.56 Å².